The van der Waals surface area contributed by atoms with Crippen molar-refractivity contribution in [2.24, 2.45) is 5.73 Å². The van der Waals surface area contributed by atoms with Crippen LogP contribution in [0.1, 0.15) is 31.7 Å². The van der Waals surface area contributed by atoms with Crippen LogP contribution in [0.2, 0.25) is 0 Å². The van der Waals surface area contributed by atoms with Gasteiger partial charge >= 0.3 is 0 Å². The molecule has 3 heterocycles. The largest absolute Gasteiger partial charge is 0.368 e. The Bertz CT molecular complexity index is 627. The summed E-state index contributed by atoms with van der Waals surface area (Å²) >= 11 is 0. The van der Waals surface area contributed by atoms with E-state index in [1.807, 2.05) is 16.9 Å². The average molecular weight is 301 g/mol. The number of aromatic nitrogens is 4. The van der Waals surface area contributed by atoms with Crippen LogP contribution in [0.15, 0.2) is 18.5 Å². The molecule has 118 valence electrons. The number of rotatable bonds is 3. The Labute approximate surface area is 130 Å². The highest BCUT2D eigenvalue weighted by Crippen LogP contribution is 2.35. The monoisotopic (exact) mass is 301 g/mol. The van der Waals surface area contributed by atoms with E-state index in [1.54, 1.807) is 0 Å². The summed E-state index contributed by atoms with van der Waals surface area (Å²) < 4.78 is 2.03. The standard InChI is InChI=1S/C14H18N6.CH5N/c15-14-17-12(7-13(18-14)19-5-1-2-6-19)10-8-16-20(9-10)11-3-4-11;1-2/h7-9,11H,1-6H2,(H2,15,17,18);2H2,1H3. The SMILES string of the molecule is CN.Nc1nc(-c2cnn(C3CC3)c2)cc(N2CCCC2)n1. The first-order valence-electron chi connectivity index (χ1n) is 7.81. The summed E-state index contributed by atoms with van der Waals surface area (Å²) in [7, 11) is 1.50. The fraction of sp³-hybridized carbons (Fsp3) is 0.533. The van der Waals surface area contributed by atoms with Gasteiger partial charge in [0.1, 0.15) is 5.82 Å². The molecular weight excluding hydrogens is 278 g/mol. The molecule has 2 aliphatic rings. The molecule has 1 aliphatic carbocycles. The molecule has 0 amide bonds. The molecule has 22 heavy (non-hydrogen) atoms. The van der Waals surface area contributed by atoms with Crippen molar-refractivity contribution in [2.75, 3.05) is 30.8 Å². The molecule has 0 unspecified atom stereocenters. The zero-order chi connectivity index (χ0) is 15.5. The number of nitrogens with zero attached hydrogens (tertiary/aromatic N) is 5. The fourth-order valence-corrected chi connectivity index (χ4v) is 2.72. The van der Waals surface area contributed by atoms with Gasteiger partial charge in [-0.25, -0.2) is 4.98 Å². The summed E-state index contributed by atoms with van der Waals surface area (Å²) in [5, 5.41) is 4.41. The van der Waals surface area contributed by atoms with Gasteiger partial charge in [0.2, 0.25) is 5.95 Å². The third kappa shape index (κ3) is 3.04. The number of nitrogen functional groups attached to an aromatic ring is 1. The van der Waals surface area contributed by atoms with Gasteiger partial charge in [-0.15, -0.1) is 0 Å². The minimum atomic E-state index is 0.337. The fourth-order valence-electron chi connectivity index (χ4n) is 2.72. The molecule has 1 saturated heterocycles. The first kappa shape index (κ1) is 14.8. The van der Waals surface area contributed by atoms with Crippen molar-refractivity contribution in [1.82, 2.24) is 19.7 Å². The van der Waals surface area contributed by atoms with E-state index in [0.717, 1.165) is 30.2 Å². The second-order valence-electron chi connectivity index (χ2n) is 5.60. The number of hydrogen-bond acceptors (Lipinski definition) is 6. The van der Waals surface area contributed by atoms with Crippen LogP contribution in [0.5, 0.6) is 0 Å². The Hall–Kier alpha value is -2.15. The van der Waals surface area contributed by atoms with Gasteiger partial charge < -0.3 is 16.4 Å². The van der Waals surface area contributed by atoms with Gasteiger partial charge in [0.15, 0.2) is 0 Å². The van der Waals surface area contributed by atoms with Crippen molar-refractivity contribution < 1.29 is 0 Å². The maximum absolute atomic E-state index is 5.87. The van der Waals surface area contributed by atoms with Gasteiger partial charge in [-0.05, 0) is 32.7 Å². The topological polar surface area (TPSA) is 98.9 Å². The normalized spacial score (nSPS) is 17.3. The lowest BCUT2D eigenvalue weighted by molar-refractivity contribution is 0.642. The number of hydrogen-bond donors (Lipinski definition) is 2. The molecule has 1 saturated carbocycles. The van der Waals surface area contributed by atoms with Gasteiger partial charge in [-0.3, -0.25) is 4.68 Å². The Morgan fingerprint density at radius 1 is 1.14 bits per heavy atom. The van der Waals surface area contributed by atoms with Crippen molar-refractivity contribution in [3.63, 3.8) is 0 Å². The predicted molar refractivity (Wildman–Crippen MR) is 87.5 cm³/mol. The first-order valence-corrected chi connectivity index (χ1v) is 7.81. The molecule has 2 aromatic rings. The van der Waals surface area contributed by atoms with Gasteiger partial charge in [-0.1, -0.05) is 0 Å². The number of anilines is 2. The molecule has 2 aromatic heterocycles. The summed E-state index contributed by atoms with van der Waals surface area (Å²) in [4.78, 5) is 11.0. The van der Waals surface area contributed by atoms with E-state index in [9.17, 15) is 0 Å². The van der Waals surface area contributed by atoms with Gasteiger partial charge in [0.25, 0.3) is 0 Å². The third-order valence-corrected chi connectivity index (χ3v) is 3.98. The minimum Gasteiger partial charge on any atom is -0.368 e. The van der Waals surface area contributed by atoms with Crippen LogP contribution < -0.4 is 16.4 Å². The Morgan fingerprint density at radius 2 is 1.86 bits per heavy atom. The van der Waals surface area contributed by atoms with Crippen LogP contribution in [0, 0.1) is 0 Å². The van der Waals surface area contributed by atoms with E-state index in [1.165, 1.54) is 32.7 Å². The van der Waals surface area contributed by atoms with Crippen molar-refractivity contribution in [3.05, 3.63) is 18.5 Å². The van der Waals surface area contributed by atoms with E-state index in [4.69, 9.17) is 5.73 Å². The highest BCUT2D eigenvalue weighted by atomic mass is 15.3. The summed E-state index contributed by atoms with van der Waals surface area (Å²) in [6.45, 7) is 2.11. The quantitative estimate of drug-likeness (QED) is 0.890. The lowest BCUT2D eigenvalue weighted by Crippen LogP contribution is -2.19. The minimum absolute atomic E-state index is 0.337. The van der Waals surface area contributed by atoms with Crippen molar-refractivity contribution in [2.45, 2.75) is 31.7 Å². The van der Waals surface area contributed by atoms with E-state index >= 15 is 0 Å². The predicted octanol–water partition coefficient (Wildman–Crippen LogP) is 1.43. The molecule has 0 spiro atoms. The van der Waals surface area contributed by atoms with E-state index < -0.39 is 0 Å². The molecule has 2 fully saturated rings. The lowest BCUT2D eigenvalue weighted by atomic mass is 10.2. The summed E-state index contributed by atoms with van der Waals surface area (Å²) in [6.07, 6.45) is 8.83. The van der Waals surface area contributed by atoms with Crippen LogP contribution in [0.4, 0.5) is 11.8 Å². The Kier molecular flexibility index (Phi) is 4.24. The Morgan fingerprint density at radius 3 is 2.55 bits per heavy atom. The van der Waals surface area contributed by atoms with Gasteiger partial charge in [-0.2, -0.15) is 10.1 Å². The van der Waals surface area contributed by atoms with Crippen LogP contribution in [0.3, 0.4) is 0 Å². The maximum atomic E-state index is 5.87. The van der Waals surface area contributed by atoms with Crippen LogP contribution in [0.25, 0.3) is 11.3 Å². The molecular formula is C15H23N7. The summed E-state index contributed by atoms with van der Waals surface area (Å²) in [6, 6.07) is 2.61. The highest BCUT2D eigenvalue weighted by Gasteiger charge is 2.24. The molecule has 0 radical (unpaired) electrons. The second-order valence-corrected chi connectivity index (χ2v) is 5.60. The van der Waals surface area contributed by atoms with Crippen molar-refractivity contribution in [3.8, 4) is 11.3 Å². The molecule has 0 aromatic carbocycles. The van der Waals surface area contributed by atoms with E-state index in [0.29, 0.717) is 12.0 Å². The average Bonchev–Trinajstić information content (AvgIpc) is 3.07. The first-order chi connectivity index (χ1) is 10.8. The molecule has 0 bridgehead atoms. The molecule has 4 N–H and O–H groups in total. The van der Waals surface area contributed by atoms with Crippen LogP contribution in [-0.2, 0) is 0 Å². The summed E-state index contributed by atoms with van der Waals surface area (Å²) in [5.41, 5.74) is 12.3. The smallest absolute Gasteiger partial charge is 0.222 e. The zero-order valence-electron chi connectivity index (χ0n) is 12.9. The molecule has 7 heteroatoms. The molecule has 0 atom stereocenters. The van der Waals surface area contributed by atoms with Crippen molar-refractivity contribution >= 4 is 11.8 Å². The highest BCUT2D eigenvalue weighted by molar-refractivity contribution is 5.63. The maximum Gasteiger partial charge on any atom is 0.222 e. The van der Waals surface area contributed by atoms with E-state index in [-0.39, 0.29) is 0 Å². The van der Waals surface area contributed by atoms with Gasteiger partial charge in [0, 0.05) is 30.9 Å². The summed E-state index contributed by atoms with van der Waals surface area (Å²) in [5.74, 6) is 1.27. The molecule has 1 aliphatic heterocycles. The molecule has 7 nitrogen and oxygen atoms in total. The second kappa shape index (κ2) is 6.31. The van der Waals surface area contributed by atoms with Crippen LogP contribution >= 0.6 is 0 Å². The Balaban J connectivity index is 0.000000693. The lowest BCUT2D eigenvalue weighted by Gasteiger charge is -2.16. The van der Waals surface area contributed by atoms with Crippen LogP contribution in [-0.4, -0.2) is 39.9 Å². The van der Waals surface area contributed by atoms with E-state index in [2.05, 4.69) is 31.9 Å². The third-order valence-electron chi connectivity index (χ3n) is 3.98. The van der Waals surface area contributed by atoms with Crippen molar-refractivity contribution in [1.29, 1.82) is 0 Å². The zero-order valence-corrected chi connectivity index (χ0v) is 12.9. The molecule has 4 rings (SSSR count). The van der Waals surface area contributed by atoms with Gasteiger partial charge in [0.05, 0.1) is 17.9 Å². The number of nitrogens with two attached hydrogens (primary N) is 2.